The number of aliphatic hydroxyl groups excluding tert-OH is 1. The van der Waals surface area contributed by atoms with Crippen molar-refractivity contribution in [3.05, 3.63) is 48.0 Å². The molecular formula is C13H16N2O3. The monoisotopic (exact) mass is 248 g/mol. The summed E-state index contributed by atoms with van der Waals surface area (Å²) in [6.07, 6.45) is 2.57. The SMILES string of the molecule is COc1ncccc1CNCC(O)c1ccco1. The van der Waals surface area contributed by atoms with Crippen LogP contribution in [-0.2, 0) is 6.54 Å². The van der Waals surface area contributed by atoms with E-state index in [4.69, 9.17) is 9.15 Å². The highest BCUT2D eigenvalue weighted by Crippen LogP contribution is 2.14. The van der Waals surface area contributed by atoms with Gasteiger partial charge in [-0.3, -0.25) is 0 Å². The molecule has 0 aromatic carbocycles. The summed E-state index contributed by atoms with van der Waals surface area (Å²) < 4.78 is 10.3. The molecule has 0 bridgehead atoms. The molecule has 1 atom stereocenters. The van der Waals surface area contributed by atoms with Crippen LogP contribution < -0.4 is 10.1 Å². The molecule has 0 amide bonds. The molecule has 0 aliphatic rings. The Kier molecular flexibility index (Phi) is 4.33. The Morgan fingerprint density at radius 2 is 2.33 bits per heavy atom. The highest BCUT2D eigenvalue weighted by atomic mass is 16.5. The minimum atomic E-state index is -0.650. The van der Waals surface area contributed by atoms with Crippen LogP contribution in [0.3, 0.4) is 0 Å². The van der Waals surface area contributed by atoms with Crippen LogP contribution in [0, 0.1) is 0 Å². The maximum absolute atomic E-state index is 9.81. The van der Waals surface area contributed by atoms with Crippen molar-refractivity contribution in [3.8, 4) is 5.88 Å². The maximum atomic E-state index is 9.81. The highest BCUT2D eigenvalue weighted by molar-refractivity contribution is 5.25. The zero-order valence-electron chi connectivity index (χ0n) is 10.2. The summed E-state index contributed by atoms with van der Waals surface area (Å²) in [7, 11) is 1.59. The van der Waals surface area contributed by atoms with Gasteiger partial charge in [-0.05, 0) is 18.2 Å². The largest absolute Gasteiger partial charge is 0.481 e. The van der Waals surface area contributed by atoms with Crippen molar-refractivity contribution in [3.63, 3.8) is 0 Å². The van der Waals surface area contributed by atoms with E-state index in [-0.39, 0.29) is 0 Å². The Balaban J connectivity index is 1.85. The summed E-state index contributed by atoms with van der Waals surface area (Å²) >= 11 is 0. The first-order valence-corrected chi connectivity index (χ1v) is 5.71. The van der Waals surface area contributed by atoms with Crippen LogP contribution in [0.2, 0.25) is 0 Å². The first kappa shape index (κ1) is 12.6. The first-order valence-electron chi connectivity index (χ1n) is 5.71. The van der Waals surface area contributed by atoms with Gasteiger partial charge in [-0.1, -0.05) is 6.07 Å². The number of furan rings is 1. The smallest absolute Gasteiger partial charge is 0.217 e. The maximum Gasteiger partial charge on any atom is 0.217 e. The van der Waals surface area contributed by atoms with Gasteiger partial charge >= 0.3 is 0 Å². The summed E-state index contributed by atoms with van der Waals surface area (Å²) in [6.45, 7) is 0.986. The fourth-order valence-corrected chi connectivity index (χ4v) is 1.67. The van der Waals surface area contributed by atoms with Crippen LogP contribution in [0.1, 0.15) is 17.4 Å². The predicted octanol–water partition coefficient (Wildman–Crippen LogP) is 1.51. The van der Waals surface area contributed by atoms with Crippen molar-refractivity contribution in [2.24, 2.45) is 0 Å². The molecule has 0 saturated heterocycles. The second kappa shape index (κ2) is 6.18. The lowest BCUT2D eigenvalue weighted by Gasteiger charge is -2.11. The number of ether oxygens (including phenoxy) is 1. The van der Waals surface area contributed by atoms with Crippen LogP contribution in [-0.4, -0.2) is 23.7 Å². The summed E-state index contributed by atoms with van der Waals surface area (Å²) in [4.78, 5) is 4.10. The molecule has 18 heavy (non-hydrogen) atoms. The topological polar surface area (TPSA) is 67.5 Å². The predicted molar refractivity (Wildman–Crippen MR) is 66.2 cm³/mol. The van der Waals surface area contributed by atoms with Crippen LogP contribution in [0.5, 0.6) is 5.88 Å². The standard InChI is InChI=1S/C13H16N2O3/c1-17-13-10(4-2-6-15-13)8-14-9-11(16)12-5-3-7-18-12/h2-7,11,14,16H,8-9H2,1H3. The van der Waals surface area contributed by atoms with E-state index < -0.39 is 6.10 Å². The van der Waals surface area contributed by atoms with E-state index in [0.717, 1.165) is 5.56 Å². The molecule has 2 rings (SSSR count). The molecule has 2 N–H and O–H groups in total. The number of methoxy groups -OCH3 is 1. The third kappa shape index (κ3) is 3.09. The van der Waals surface area contributed by atoms with E-state index >= 15 is 0 Å². The number of aliphatic hydroxyl groups is 1. The third-order valence-corrected chi connectivity index (χ3v) is 2.57. The summed E-state index contributed by atoms with van der Waals surface area (Å²) in [5.74, 6) is 1.15. The highest BCUT2D eigenvalue weighted by Gasteiger charge is 2.10. The number of pyridine rings is 1. The van der Waals surface area contributed by atoms with Crippen molar-refractivity contribution < 1.29 is 14.3 Å². The number of hydrogen-bond donors (Lipinski definition) is 2. The van der Waals surface area contributed by atoms with Crippen molar-refractivity contribution in [2.75, 3.05) is 13.7 Å². The van der Waals surface area contributed by atoms with Gasteiger partial charge in [0, 0.05) is 24.8 Å². The Morgan fingerprint density at radius 1 is 1.44 bits per heavy atom. The Labute approximate surface area is 105 Å². The third-order valence-electron chi connectivity index (χ3n) is 2.57. The molecule has 2 aromatic rings. The van der Waals surface area contributed by atoms with Crippen LogP contribution in [0.15, 0.2) is 41.1 Å². The molecule has 5 heteroatoms. The van der Waals surface area contributed by atoms with Crippen molar-refractivity contribution in [1.29, 1.82) is 0 Å². The zero-order chi connectivity index (χ0) is 12.8. The van der Waals surface area contributed by atoms with E-state index in [1.807, 2.05) is 12.1 Å². The fraction of sp³-hybridized carbons (Fsp3) is 0.308. The summed E-state index contributed by atoms with van der Waals surface area (Å²) in [6, 6.07) is 7.28. The molecule has 0 saturated carbocycles. The van der Waals surface area contributed by atoms with E-state index in [1.165, 1.54) is 0 Å². The number of aromatic nitrogens is 1. The average molecular weight is 248 g/mol. The van der Waals surface area contributed by atoms with Gasteiger partial charge in [-0.2, -0.15) is 0 Å². The van der Waals surface area contributed by atoms with Gasteiger partial charge in [-0.15, -0.1) is 0 Å². The average Bonchev–Trinajstić information content (AvgIpc) is 2.93. The van der Waals surface area contributed by atoms with Gasteiger partial charge in [0.15, 0.2) is 0 Å². The number of rotatable bonds is 6. The molecule has 0 aliphatic heterocycles. The van der Waals surface area contributed by atoms with Gasteiger partial charge in [0.1, 0.15) is 11.9 Å². The van der Waals surface area contributed by atoms with Crippen molar-refractivity contribution in [1.82, 2.24) is 10.3 Å². The van der Waals surface area contributed by atoms with E-state index in [1.54, 1.807) is 31.7 Å². The fourth-order valence-electron chi connectivity index (χ4n) is 1.67. The van der Waals surface area contributed by atoms with Gasteiger partial charge in [0.25, 0.3) is 0 Å². The number of hydrogen-bond acceptors (Lipinski definition) is 5. The normalized spacial score (nSPS) is 12.3. The Bertz CT molecular complexity index is 471. The molecule has 0 spiro atoms. The molecule has 2 aromatic heterocycles. The lowest BCUT2D eigenvalue weighted by Crippen LogP contribution is -2.21. The van der Waals surface area contributed by atoms with Crippen LogP contribution >= 0.6 is 0 Å². The van der Waals surface area contributed by atoms with E-state index in [2.05, 4.69) is 10.3 Å². The Hall–Kier alpha value is -1.85. The Morgan fingerprint density at radius 3 is 3.06 bits per heavy atom. The van der Waals surface area contributed by atoms with Gasteiger partial charge in [0.2, 0.25) is 5.88 Å². The number of nitrogens with zero attached hydrogens (tertiary/aromatic N) is 1. The zero-order valence-corrected chi connectivity index (χ0v) is 10.2. The minimum Gasteiger partial charge on any atom is -0.481 e. The van der Waals surface area contributed by atoms with Gasteiger partial charge in [-0.25, -0.2) is 4.98 Å². The molecule has 0 aliphatic carbocycles. The molecule has 0 radical (unpaired) electrons. The lowest BCUT2D eigenvalue weighted by atomic mass is 10.2. The van der Waals surface area contributed by atoms with Gasteiger partial charge < -0.3 is 19.6 Å². The van der Waals surface area contributed by atoms with E-state index in [0.29, 0.717) is 24.7 Å². The molecular weight excluding hydrogens is 232 g/mol. The summed E-state index contributed by atoms with van der Waals surface area (Å²) in [5.41, 5.74) is 0.951. The van der Waals surface area contributed by atoms with Crippen molar-refractivity contribution in [2.45, 2.75) is 12.6 Å². The lowest BCUT2D eigenvalue weighted by molar-refractivity contribution is 0.147. The second-order valence-corrected chi connectivity index (χ2v) is 3.83. The van der Waals surface area contributed by atoms with E-state index in [9.17, 15) is 5.11 Å². The van der Waals surface area contributed by atoms with Gasteiger partial charge in [0.05, 0.1) is 13.4 Å². The molecule has 2 heterocycles. The van der Waals surface area contributed by atoms with Crippen LogP contribution in [0.25, 0.3) is 0 Å². The molecule has 96 valence electrons. The van der Waals surface area contributed by atoms with Crippen LogP contribution in [0.4, 0.5) is 0 Å². The molecule has 5 nitrogen and oxygen atoms in total. The quantitative estimate of drug-likeness (QED) is 0.811. The summed E-state index contributed by atoms with van der Waals surface area (Å²) in [5, 5.41) is 12.9. The molecule has 0 fully saturated rings. The minimum absolute atomic E-state index is 0.408. The number of nitrogens with one attached hydrogen (secondary N) is 1. The first-order chi connectivity index (χ1) is 8.81. The second-order valence-electron chi connectivity index (χ2n) is 3.83. The molecule has 1 unspecified atom stereocenters. The van der Waals surface area contributed by atoms with Crippen molar-refractivity contribution >= 4 is 0 Å².